The lowest BCUT2D eigenvalue weighted by Crippen LogP contribution is -2.26. The molecule has 3 aromatic rings. The van der Waals surface area contributed by atoms with E-state index in [9.17, 15) is 9.90 Å². The van der Waals surface area contributed by atoms with E-state index in [2.05, 4.69) is 4.98 Å². The van der Waals surface area contributed by atoms with Crippen LogP contribution in [0.2, 0.25) is 0 Å². The Morgan fingerprint density at radius 3 is 2.81 bits per heavy atom. The van der Waals surface area contributed by atoms with Crippen molar-refractivity contribution in [3.05, 3.63) is 59.4 Å². The quantitative estimate of drug-likeness (QED) is 0.681. The first kappa shape index (κ1) is 17.9. The molecule has 0 radical (unpaired) electrons. The van der Waals surface area contributed by atoms with Crippen LogP contribution in [0.15, 0.2) is 42.5 Å². The highest BCUT2D eigenvalue weighted by Gasteiger charge is 2.16. The number of imidazole rings is 1. The number of aromatic nitrogens is 2. The van der Waals surface area contributed by atoms with E-state index in [4.69, 9.17) is 10.5 Å². The van der Waals surface area contributed by atoms with E-state index >= 15 is 0 Å². The lowest BCUT2D eigenvalue weighted by atomic mass is 10.1. The van der Waals surface area contributed by atoms with Gasteiger partial charge in [0.1, 0.15) is 24.3 Å². The monoisotopic (exact) mass is 353 g/mol. The fourth-order valence-corrected chi connectivity index (χ4v) is 2.93. The topological polar surface area (TPSA) is 90.4 Å². The average Bonchev–Trinajstić information content (AvgIpc) is 2.92. The predicted octanol–water partition coefficient (Wildman–Crippen LogP) is 2.12. The van der Waals surface area contributed by atoms with Crippen molar-refractivity contribution in [3.63, 3.8) is 0 Å². The maximum Gasteiger partial charge on any atom is 0.225 e. The van der Waals surface area contributed by atoms with Crippen molar-refractivity contribution in [2.75, 3.05) is 6.61 Å². The van der Waals surface area contributed by atoms with Crippen molar-refractivity contribution in [2.24, 2.45) is 5.73 Å². The summed E-state index contributed by atoms with van der Waals surface area (Å²) in [5, 5.41) is 10.5. The summed E-state index contributed by atoms with van der Waals surface area (Å²) < 4.78 is 7.62. The van der Waals surface area contributed by atoms with Crippen molar-refractivity contribution >= 4 is 16.9 Å². The molecule has 0 aliphatic carbocycles. The second-order valence-corrected chi connectivity index (χ2v) is 6.50. The Bertz CT molecular complexity index is 933. The number of aliphatic hydroxyl groups excluding tert-OH is 1. The first-order chi connectivity index (χ1) is 12.4. The van der Waals surface area contributed by atoms with Crippen molar-refractivity contribution in [3.8, 4) is 5.75 Å². The van der Waals surface area contributed by atoms with E-state index in [1.165, 1.54) is 0 Å². The Kier molecular flexibility index (Phi) is 5.23. The normalized spacial score (nSPS) is 12.3. The van der Waals surface area contributed by atoms with Crippen LogP contribution in [-0.2, 0) is 17.8 Å². The van der Waals surface area contributed by atoms with Crippen LogP contribution in [0.1, 0.15) is 17.0 Å². The van der Waals surface area contributed by atoms with Crippen LogP contribution in [0.3, 0.4) is 0 Å². The number of aryl methyl sites for hydroxylation is 2. The minimum Gasteiger partial charge on any atom is -0.491 e. The van der Waals surface area contributed by atoms with Crippen LogP contribution in [0, 0.1) is 13.8 Å². The highest BCUT2D eigenvalue weighted by Crippen LogP contribution is 2.20. The third-order valence-electron chi connectivity index (χ3n) is 4.23. The number of nitrogens with two attached hydrogens (primary N) is 1. The Labute approximate surface area is 152 Å². The first-order valence-electron chi connectivity index (χ1n) is 8.54. The number of hydrogen-bond acceptors (Lipinski definition) is 4. The summed E-state index contributed by atoms with van der Waals surface area (Å²) in [6, 6.07) is 13.5. The summed E-state index contributed by atoms with van der Waals surface area (Å²) >= 11 is 0. The highest BCUT2D eigenvalue weighted by molar-refractivity contribution is 5.80. The number of amides is 1. The maximum atomic E-state index is 11.3. The fraction of sp³-hybridized carbons (Fsp3) is 0.300. The molecule has 0 spiro atoms. The fourth-order valence-electron chi connectivity index (χ4n) is 2.93. The molecule has 1 aromatic heterocycles. The van der Waals surface area contributed by atoms with Gasteiger partial charge < -0.3 is 20.1 Å². The zero-order valence-corrected chi connectivity index (χ0v) is 15.0. The summed E-state index contributed by atoms with van der Waals surface area (Å²) in [5.74, 6) is 0.851. The molecule has 0 aliphatic rings. The molecule has 3 N–H and O–H groups in total. The number of benzene rings is 2. The van der Waals surface area contributed by atoms with E-state index < -0.39 is 12.0 Å². The second-order valence-electron chi connectivity index (χ2n) is 6.50. The standard InChI is InChI=1S/C20H23N3O3/c1-13-7-8-14(2)18(9-13)26-12-15(24)11-23-17-6-4-3-5-16(17)22-20(23)10-19(21)25/h3-9,15,24H,10-12H2,1-2H3,(H2,21,25). The van der Waals surface area contributed by atoms with Gasteiger partial charge >= 0.3 is 0 Å². The highest BCUT2D eigenvalue weighted by atomic mass is 16.5. The molecule has 0 fully saturated rings. The van der Waals surface area contributed by atoms with E-state index in [1.807, 2.05) is 60.9 Å². The molecule has 0 aliphatic heterocycles. The molecular weight excluding hydrogens is 330 g/mol. The Morgan fingerprint density at radius 2 is 2.04 bits per heavy atom. The molecule has 6 heteroatoms. The van der Waals surface area contributed by atoms with Crippen molar-refractivity contribution < 1.29 is 14.6 Å². The zero-order chi connectivity index (χ0) is 18.7. The number of para-hydroxylation sites is 2. The van der Waals surface area contributed by atoms with Gasteiger partial charge in [0.15, 0.2) is 0 Å². The van der Waals surface area contributed by atoms with Crippen LogP contribution < -0.4 is 10.5 Å². The number of aliphatic hydroxyl groups is 1. The number of rotatable bonds is 7. The molecule has 1 atom stereocenters. The van der Waals surface area contributed by atoms with Gasteiger partial charge in [0.25, 0.3) is 0 Å². The third-order valence-corrected chi connectivity index (χ3v) is 4.23. The molecule has 1 amide bonds. The zero-order valence-electron chi connectivity index (χ0n) is 15.0. The van der Waals surface area contributed by atoms with Crippen molar-refractivity contribution in [1.29, 1.82) is 0 Å². The first-order valence-corrected chi connectivity index (χ1v) is 8.54. The molecule has 0 saturated heterocycles. The van der Waals surface area contributed by atoms with E-state index in [1.54, 1.807) is 0 Å². The van der Waals surface area contributed by atoms with Crippen LogP contribution in [-0.4, -0.2) is 33.3 Å². The minimum atomic E-state index is -0.751. The van der Waals surface area contributed by atoms with Gasteiger partial charge in [0.05, 0.1) is 24.0 Å². The third kappa shape index (κ3) is 4.03. The molecule has 0 saturated carbocycles. The van der Waals surface area contributed by atoms with Gasteiger partial charge in [0, 0.05) is 0 Å². The lowest BCUT2D eigenvalue weighted by Gasteiger charge is -2.16. The van der Waals surface area contributed by atoms with Gasteiger partial charge in [-0.1, -0.05) is 24.3 Å². The molecule has 6 nitrogen and oxygen atoms in total. The van der Waals surface area contributed by atoms with E-state index in [0.717, 1.165) is 27.9 Å². The summed E-state index contributed by atoms with van der Waals surface area (Å²) in [6.07, 6.45) is -0.724. The Hall–Kier alpha value is -2.86. The van der Waals surface area contributed by atoms with Gasteiger partial charge in [-0.2, -0.15) is 0 Å². The molecule has 1 heterocycles. The van der Waals surface area contributed by atoms with E-state index in [-0.39, 0.29) is 19.6 Å². The maximum absolute atomic E-state index is 11.3. The summed E-state index contributed by atoms with van der Waals surface area (Å²) in [5.41, 5.74) is 9.08. The van der Waals surface area contributed by atoms with Crippen molar-refractivity contribution in [1.82, 2.24) is 9.55 Å². The summed E-state index contributed by atoms with van der Waals surface area (Å²) in [6.45, 7) is 4.38. The van der Waals surface area contributed by atoms with Crippen molar-refractivity contribution in [2.45, 2.75) is 32.9 Å². The Morgan fingerprint density at radius 1 is 1.27 bits per heavy atom. The molecule has 136 valence electrons. The van der Waals surface area contributed by atoms with Gasteiger partial charge in [-0.15, -0.1) is 0 Å². The predicted molar refractivity (Wildman–Crippen MR) is 100 cm³/mol. The summed E-state index contributed by atoms with van der Waals surface area (Å²) in [7, 11) is 0. The van der Waals surface area contributed by atoms with Crippen LogP contribution >= 0.6 is 0 Å². The molecule has 2 aromatic carbocycles. The number of ether oxygens (including phenoxy) is 1. The van der Waals surface area contributed by atoms with Crippen LogP contribution in [0.5, 0.6) is 5.75 Å². The number of carbonyl (C=O) groups excluding carboxylic acids is 1. The number of fused-ring (bicyclic) bond motifs is 1. The Balaban J connectivity index is 1.77. The van der Waals surface area contributed by atoms with E-state index in [0.29, 0.717) is 5.82 Å². The average molecular weight is 353 g/mol. The largest absolute Gasteiger partial charge is 0.491 e. The number of nitrogens with zero attached hydrogens (tertiary/aromatic N) is 2. The minimum absolute atomic E-state index is 0.0270. The number of carbonyl (C=O) groups is 1. The SMILES string of the molecule is Cc1ccc(C)c(OCC(O)Cn2c(CC(N)=O)nc3ccccc32)c1. The number of primary amides is 1. The van der Waals surface area contributed by atoms with Crippen LogP contribution in [0.4, 0.5) is 0 Å². The van der Waals surface area contributed by atoms with Gasteiger partial charge in [0.2, 0.25) is 5.91 Å². The molecule has 26 heavy (non-hydrogen) atoms. The second kappa shape index (κ2) is 7.58. The molecular formula is C20H23N3O3. The van der Waals surface area contributed by atoms with Gasteiger partial charge in [-0.25, -0.2) is 4.98 Å². The molecule has 1 unspecified atom stereocenters. The lowest BCUT2D eigenvalue weighted by molar-refractivity contribution is -0.117. The smallest absolute Gasteiger partial charge is 0.225 e. The molecule has 3 rings (SSSR count). The van der Waals surface area contributed by atoms with Gasteiger partial charge in [-0.05, 0) is 43.2 Å². The molecule has 0 bridgehead atoms. The number of hydrogen-bond donors (Lipinski definition) is 2. The summed E-state index contributed by atoms with van der Waals surface area (Å²) in [4.78, 5) is 15.8. The van der Waals surface area contributed by atoms with Crippen LogP contribution in [0.25, 0.3) is 11.0 Å². The van der Waals surface area contributed by atoms with Gasteiger partial charge in [-0.3, -0.25) is 4.79 Å².